The zero-order chi connectivity index (χ0) is 12.4. The van der Waals surface area contributed by atoms with Crippen LogP contribution in [0.2, 0.25) is 0 Å². The summed E-state index contributed by atoms with van der Waals surface area (Å²) in [4.78, 5) is 0. The average molecular weight is 240 g/mol. The van der Waals surface area contributed by atoms with Crippen molar-refractivity contribution >= 4 is 0 Å². The van der Waals surface area contributed by atoms with Gasteiger partial charge < -0.3 is 9.47 Å². The third kappa shape index (κ3) is 2.54. The van der Waals surface area contributed by atoms with Crippen molar-refractivity contribution < 1.29 is 9.47 Å². The Kier molecular flexibility index (Phi) is 3.03. The number of hydrogen-bond donors (Lipinski definition) is 0. The lowest BCUT2D eigenvalue weighted by molar-refractivity contribution is 0.262. The third-order valence-corrected chi connectivity index (χ3v) is 3.11. The molecule has 0 N–H and O–H groups in total. The summed E-state index contributed by atoms with van der Waals surface area (Å²) in [5.41, 5.74) is 3.62. The Morgan fingerprint density at radius 1 is 1.11 bits per heavy atom. The highest BCUT2D eigenvalue weighted by Crippen LogP contribution is 2.26. The SMILES string of the molecule is Cc1cc(-c2ccccc2)ccc1OCC1CO1. The van der Waals surface area contributed by atoms with E-state index in [0.717, 1.165) is 17.9 Å². The Hall–Kier alpha value is -1.80. The van der Waals surface area contributed by atoms with E-state index in [9.17, 15) is 0 Å². The molecule has 0 saturated carbocycles. The van der Waals surface area contributed by atoms with E-state index in [1.54, 1.807) is 0 Å². The second-order valence-electron chi connectivity index (χ2n) is 4.61. The van der Waals surface area contributed by atoms with Crippen molar-refractivity contribution in [2.45, 2.75) is 13.0 Å². The zero-order valence-corrected chi connectivity index (χ0v) is 10.4. The van der Waals surface area contributed by atoms with Gasteiger partial charge in [-0.25, -0.2) is 0 Å². The summed E-state index contributed by atoms with van der Waals surface area (Å²) in [6.07, 6.45) is 0.304. The van der Waals surface area contributed by atoms with E-state index in [1.165, 1.54) is 11.1 Å². The van der Waals surface area contributed by atoms with Crippen molar-refractivity contribution in [3.63, 3.8) is 0 Å². The first-order chi connectivity index (χ1) is 8.83. The molecule has 0 amide bonds. The molecule has 2 aromatic rings. The molecular formula is C16H16O2. The Morgan fingerprint density at radius 2 is 1.89 bits per heavy atom. The molecule has 1 aliphatic heterocycles. The molecule has 2 nitrogen and oxygen atoms in total. The second kappa shape index (κ2) is 4.83. The quantitative estimate of drug-likeness (QED) is 0.764. The molecule has 1 saturated heterocycles. The second-order valence-corrected chi connectivity index (χ2v) is 4.61. The van der Waals surface area contributed by atoms with Crippen molar-refractivity contribution in [1.82, 2.24) is 0 Å². The molecule has 1 fully saturated rings. The van der Waals surface area contributed by atoms with Crippen LogP contribution in [0.5, 0.6) is 5.75 Å². The van der Waals surface area contributed by atoms with E-state index in [0.29, 0.717) is 12.7 Å². The van der Waals surface area contributed by atoms with Crippen molar-refractivity contribution in [2.24, 2.45) is 0 Å². The van der Waals surface area contributed by atoms with Gasteiger partial charge in [0.05, 0.1) is 6.61 Å². The molecular weight excluding hydrogens is 224 g/mol. The van der Waals surface area contributed by atoms with Crippen molar-refractivity contribution in [1.29, 1.82) is 0 Å². The van der Waals surface area contributed by atoms with Crippen LogP contribution < -0.4 is 4.74 Å². The Balaban J connectivity index is 1.79. The standard InChI is InChI=1S/C16H16O2/c1-12-9-14(13-5-3-2-4-6-13)7-8-16(12)18-11-15-10-17-15/h2-9,15H,10-11H2,1H3. The molecule has 92 valence electrons. The monoisotopic (exact) mass is 240 g/mol. The van der Waals surface area contributed by atoms with Gasteiger partial charge in [0, 0.05) is 0 Å². The normalized spacial score (nSPS) is 17.5. The van der Waals surface area contributed by atoms with Gasteiger partial charge in [-0.2, -0.15) is 0 Å². The average Bonchev–Trinajstić information content (AvgIpc) is 3.22. The number of benzene rings is 2. The van der Waals surface area contributed by atoms with Crippen LogP contribution in [0.1, 0.15) is 5.56 Å². The van der Waals surface area contributed by atoms with Crippen LogP contribution in [0.15, 0.2) is 48.5 Å². The molecule has 0 aliphatic carbocycles. The van der Waals surface area contributed by atoms with Gasteiger partial charge in [0.25, 0.3) is 0 Å². The van der Waals surface area contributed by atoms with Gasteiger partial charge in [0.1, 0.15) is 18.5 Å². The molecule has 1 heterocycles. The number of epoxide rings is 1. The van der Waals surface area contributed by atoms with Gasteiger partial charge in [0.2, 0.25) is 0 Å². The smallest absolute Gasteiger partial charge is 0.122 e. The lowest BCUT2D eigenvalue weighted by atomic mass is 10.0. The Morgan fingerprint density at radius 3 is 2.56 bits per heavy atom. The van der Waals surface area contributed by atoms with Gasteiger partial charge in [0.15, 0.2) is 0 Å². The number of ether oxygens (including phenoxy) is 2. The van der Waals surface area contributed by atoms with Gasteiger partial charge in [-0.05, 0) is 35.7 Å². The summed E-state index contributed by atoms with van der Waals surface area (Å²) >= 11 is 0. The third-order valence-electron chi connectivity index (χ3n) is 3.11. The minimum atomic E-state index is 0.304. The predicted molar refractivity (Wildman–Crippen MR) is 71.9 cm³/mol. The Labute approximate surface area is 107 Å². The highest BCUT2D eigenvalue weighted by molar-refractivity contribution is 5.65. The topological polar surface area (TPSA) is 21.8 Å². The van der Waals surface area contributed by atoms with Crippen molar-refractivity contribution in [2.75, 3.05) is 13.2 Å². The lowest BCUT2D eigenvalue weighted by Crippen LogP contribution is -2.04. The first kappa shape index (κ1) is 11.3. The van der Waals surface area contributed by atoms with Crippen LogP contribution >= 0.6 is 0 Å². The molecule has 1 aliphatic rings. The van der Waals surface area contributed by atoms with Crippen LogP contribution in [0, 0.1) is 6.92 Å². The fraction of sp³-hybridized carbons (Fsp3) is 0.250. The summed E-state index contributed by atoms with van der Waals surface area (Å²) in [5.74, 6) is 0.949. The predicted octanol–water partition coefficient (Wildman–Crippen LogP) is 3.44. The Bertz CT molecular complexity index is 530. The fourth-order valence-electron chi connectivity index (χ4n) is 1.97. The maximum absolute atomic E-state index is 5.73. The lowest BCUT2D eigenvalue weighted by Gasteiger charge is -2.10. The van der Waals surface area contributed by atoms with E-state index in [-0.39, 0.29) is 0 Å². The fourth-order valence-corrected chi connectivity index (χ4v) is 1.97. The maximum Gasteiger partial charge on any atom is 0.122 e. The van der Waals surface area contributed by atoms with E-state index < -0.39 is 0 Å². The summed E-state index contributed by atoms with van der Waals surface area (Å²) in [5, 5.41) is 0. The molecule has 18 heavy (non-hydrogen) atoms. The van der Waals surface area contributed by atoms with Crippen LogP contribution in [-0.2, 0) is 4.74 Å². The minimum Gasteiger partial charge on any atom is -0.491 e. The summed E-state index contributed by atoms with van der Waals surface area (Å²) < 4.78 is 10.9. The molecule has 2 heteroatoms. The zero-order valence-electron chi connectivity index (χ0n) is 10.4. The largest absolute Gasteiger partial charge is 0.491 e. The molecule has 0 aromatic heterocycles. The molecule has 3 rings (SSSR count). The van der Waals surface area contributed by atoms with Crippen molar-refractivity contribution in [3.8, 4) is 16.9 Å². The van der Waals surface area contributed by atoms with Gasteiger partial charge in [-0.1, -0.05) is 36.4 Å². The van der Waals surface area contributed by atoms with Crippen LogP contribution in [0.4, 0.5) is 0 Å². The van der Waals surface area contributed by atoms with E-state index in [1.807, 2.05) is 12.1 Å². The number of hydrogen-bond acceptors (Lipinski definition) is 2. The first-order valence-electron chi connectivity index (χ1n) is 6.23. The highest BCUT2D eigenvalue weighted by Gasteiger charge is 2.23. The maximum atomic E-state index is 5.73. The van der Waals surface area contributed by atoms with Crippen molar-refractivity contribution in [3.05, 3.63) is 54.1 Å². The van der Waals surface area contributed by atoms with E-state index in [4.69, 9.17) is 9.47 Å². The van der Waals surface area contributed by atoms with Crippen LogP contribution in [0.25, 0.3) is 11.1 Å². The minimum absolute atomic E-state index is 0.304. The van der Waals surface area contributed by atoms with Gasteiger partial charge in [-0.3, -0.25) is 0 Å². The summed E-state index contributed by atoms with van der Waals surface area (Å²) in [6, 6.07) is 16.7. The molecule has 0 spiro atoms. The van der Waals surface area contributed by atoms with Gasteiger partial charge >= 0.3 is 0 Å². The van der Waals surface area contributed by atoms with E-state index in [2.05, 4.69) is 43.3 Å². The summed E-state index contributed by atoms with van der Waals surface area (Å²) in [7, 11) is 0. The first-order valence-corrected chi connectivity index (χ1v) is 6.23. The van der Waals surface area contributed by atoms with Crippen LogP contribution in [-0.4, -0.2) is 19.3 Å². The van der Waals surface area contributed by atoms with E-state index >= 15 is 0 Å². The van der Waals surface area contributed by atoms with Gasteiger partial charge in [-0.15, -0.1) is 0 Å². The number of aryl methyl sites for hydroxylation is 1. The molecule has 0 bridgehead atoms. The molecule has 1 atom stereocenters. The highest BCUT2D eigenvalue weighted by atomic mass is 16.6. The number of rotatable bonds is 4. The summed E-state index contributed by atoms with van der Waals surface area (Å²) in [6.45, 7) is 3.57. The van der Waals surface area contributed by atoms with Crippen LogP contribution in [0.3, 0.4) is 0 Å². The molecule has 0 radical (unpaired) electrons. The molecule has 2 aromatic carbocycles. The molecule has 1 unspecified atom stereocenters.